The van der Waals surface area contributed by atoms with E-state index in [1.54, 1.807) is 29.5 Å². The Morgan fingerprint density at radius 2 is 1.94 bits per heavy atom. The molecule has 1 aromatic heterocycles. The van der Waals surface area contributed by atoms with Crippen LogP contribution in [0.2, 0.25) is 10.0 Å². The Balaban J connectivity index is 2.08. The van der Waals surface area contributed by atoms with E-state index in [1.807, 2.05) is 12.3 Å². The van der Waals surface area contributed by atoms with Crippen LogP contribution in [0.1, 0.15) is 16.3 Å². The van der Waals surface area contributed by atoms with Gasteiger partial charge in [-0.1, -0.05) is 29.3 Å². The van der Waals surface area contributed by atoms with Crippen molar-refractivity contribution in [3.05, 3.63) is 49.9 Å². The molecule has 0 N–H and O–H groups in total. The minimum atomic E-state index is -1.05. The van der Waals surface area contributed by atoms with E-state index < -0.39 is 10.8 Å². The first-order valence-corrected chi connectivity index (χ1v) is 8.37. The number of halogens is 2. The van der Waals surface area contributed by atoms with Crippen molar-refractivity contribution in [2.45, 2.75) is 18.4 Å². The van der Waals surface area contributed by atoms with Gasteiger partial charge in [-0.2, -0.15) is 0 Å². The van der Waals surface area contributed by atoms with Crippen molar-refractivity contribution >= 4 is 45.3 Å². The molecule has 18 heavy (non-hydrogen) atoms. The molecule has 0 saturated heterocycles. The molecule has 6 heteroatoms. The number of rotatable bonds is 4. The minimum absolute atomic E-state index is 0.356. The van der Waals surface area contributed by atoms with Crippen LogP contribution in [0.25, 0.3) is 0 Å². The maximum Gasteiger partial charge on any atom is 0.0897 e. The number of hydrogen-bond donors (Lipinski definition) is 0. The highest BCUT2D eigenvalue weighted by molar-refractivity contribution is 7.83. The summed E-state index contributed by atoms with van der Waals surface area (Å²) in [7, 11) is -1.05. The van der Waals surface area contributed by atoms with Gasteiger partial charge in [0.15, 0.2) is 0 Å². The second-order valence-electron chi connectivity index (χ2n) is 3.79. The van der Waals surface area contributed by atoms with Gasteiger partial charge in [0.25, 0.3) is 0 Å². The average molecular weight is 320 g/mol. The molecule has 2 rings (SSSR count). The van der Waals surface area contributed by atoms with Gasteiger partial charge in [-0.15, -0.1) is 11.3 Å². The van der Waals surface area contributed by atoms with E-state index in [0.29, 0.717) is 21.6 Å². The lowest BCUT2D eigenvalue weighted by Gasteiger charge is -2.06. The van der Waals surface area contributed by atoms with Crippen LogP contribution in [-0.2, 0) is 22.3 Å². The van der Waals surface area contributed by atoms with Crippen LogP contribution in [0.3, 0.4) is 0 Å². The summed E-state index contributed by atoms with van der Waals surface area (Å²) in [6.07, 6.45) is 0. The van der Waals surface area contributed by atoms with Crippen LogP contribution in [0.15, 0.2) is 23.6 Å². The molecule has 0 radical (unpaired) electrons. The fourth-order valence-corrected chi connectivity index (χ4v) is 4.14. The van der Waals surface area contributed by atoms with Gasteiger partial charge in [-0.3, -0.25) is 4.21 Å². The SMILES string of the molecule is Cc1nc(C[S@](=O)Cc2c(Cl)cccc2Cl)cs1. The Kier molecular flexibility index (Phi) is 4.78. The molecule has 0 unspecified atom stereocenters. The molecule has 2 nitrogen and oxygen atoms in total. The van der Waals surface area contributed by atoms with Crippen LogP contribution < -0.4 is 0 Å². The van der Waals surface area contributed by atoms with Crippen molar-refractivity contribution in [1.29, 1.82) is 0 Å². The highest BCUT2D eigenvalue weighted by atomic mass is 35.5. The summed E-state index contributed by atoms with van der Waals surface area (Å²) in [6, 6.07) is 5.29. The fourth-order valence-electron chi connectivity index (χ4n) is 1.52. The summed E-state index contributed by atoms with van der Waals surface area (Å²) in [5.41, 5.74) is 1.60. The second kappa shape index (κ2) is 6.15. The number of nitrogens with zero attached hydrogens (tertiary/aromatic N) is 1. The van der Waals surface area contributed by atoms with Crippen LogP contribution in [0, 0.1) is 6.92 Å². The van der Waals surface area contributed by atoms with E-state index in [-0.39, 0.29) is 0 Å². The van der Waals surface area contributed by atoms with Gasteiger partial charge in [0, 0.05) is 31.8 Å². The van der Waals surface area contributed by atoms with Gasteiger partial charge in [-0.05, 0) is 19.1 Å². The van der Waals surface area contributed by atoms with Crippen molar-refractivity contribution in [3.63, 3.8) is 0 Å². The molecule has 0 aliphatic rings. The van der Waals surface area contributed by atoms with Crippen molar-refractivity contribution < 1.29 is 4.21 Å². The normalized spacial score (nSPS) is 12.6. The Morgan fingerprint density at radius 3 is 2.50 bits per heavy atom. The smallest absolute Gasteiger partial charge is 0.0897 e. The topological polar surface area (TPSA) is 30.0 Å². The van der Waals surface area contributed by atoms with E-state index in [1.165, 1.54) is 0 Å². The summed E-state index contributed by atoms with van der Waals surface area (Å²) >= 11 is 13.7. The van der Waals surface area contributed by atoms with Crippen molar-refractivity contribution in [1.82, 2.24) is 4.98 Å². The molecule has 96 valence electrons. The van der Waals surface area contributed by atoms with Gasteiger partial charge >= 0.3 is 0 Å². The Hall–Kier alpha value is -0.420. The summed E-state index contributed by atoms with van der Waals surface area (Å²) in [6.45, 7) is 1.93. The Morgan fingerprint density at radius 1 is 1.28 bits per heavy atom. The summed E-state index contributed by atoms with van der Waals surface area (Å²) in [5.74, 6) is 0.793. The van der Waals surface area contributed by atoms with Crippen LogP contribution in [0.5, 0.6) is 0 Å². The van der Waals surface area contributed by atoms with Gasteiger partial charge in [0.05, 0.1) is 22.2 Å². The monoisotopic (exact) mass is 319 g/mol. The zero-order valence-electron chi connectivity index (χ0n) is 9.65. The third-order valence-corrected chi connectivity index (χ3v) is 5.10. The lowest BCUT2D eigenvalue weighted by atomic mass is 10.2. The molecule has 0 aliphatic carbocycles. The molecule has 2 aromatic rings. The second-order valence-corrected chi connectivity index (χ2v) is 7.12. The largest absolute Gasteiger partial charge is 0.259 e. The fraction of sp³-hybridized carbons (Fsp3) is 0.250. The van der Waals surface area contributed by atoms with Crippen LogP contribution in [0.4, 0.5) is 0 Å². The number of aryl methyl sites for hydroxylation is 1. The zero-order chi connectivity index (χ0) is 13.1. The predicted octanol–water partition coefficient (Wildman–Crippen LogP) is 4.21. The van der Waals surface area contributed by atoms with Crippen molar-refractivity contribution in [3.8, 4) is 0 Å². The number of benzene rings is 1. The zero-order valence-corrected chi connectivity index (χ0v) is 12.8. The van der Waals surface area contributed by atoms with Crippen LogP contribution >= 0.6 is 34.5 Å². The Bertz CT molecular complexity index is 563. The van der Waals surface area contributed by atoms with Gasteiger partial charge in [0.2, 0.25) is 0 Å². The summed E-state index contributed by atoms with van der Waals surface area (Å²) in [5, 5.41) is 4.04. The predicted molar refractivity (Wildman–Crippen MR) is 78.9 cm³/mol. The van der Waals surface area contributed by atoms with E-state index in [0.717, 1.165) is 16.3 Å². The summed E-state index contributed by atoms with van der Waals surface area (Å²) < 4.78 is 12.1. The molecular weight excluding hydrogens is 309 g/mol. The molecule has 1 heterocycles. The van der Waals surface area contributed by atoms with E-state index in [2.05, 4.69) is 4.98 Å². The van der Waals surface area contributed by atoms with Crippen LogP contribution in [-0.4, -0.2) is 9.19 Å². The lowest BCUT2D eigenvalue weighted by molar-refractivity contribution is 0.681. The molecule has 0 aliphatic heterocycles. The summed E-state index contributed by atoms with van der Waals surface area (Å²) in [4.78, 5) is 4.30. The maximum atomic E-state index is 12.1. The van der Waals surface area contributed by atoms with E-state index in [9.17, 15) is 4.21 Å². The number of aromatic nitrogens is 1. The molecule has 0 bridgehead atoms. The quantitative estimate of drug-likeness (QED) is 0.845. The lowest BCUT2D eigenvalue weighted by Crippen LogP contribution is -2.01. The molecule has 0 spiro atoms. The van der Waals surface area contributed by atoms with Gasteiger partial charge in [-0.25, -0.2) is 4.98 Å². The number of hydrogen-bond acceptors (Lipinski definition) is 3. The molecule has 0 amide bonds. The van der Waals surface area contributed by atoms with Gasteiger partial charge < -0.3 is 0 Å². The first-order chi connectivity index (χ1) is 8.56. The standard InChI is InChI=1S/C12H11Cl2NOS2/c1-8-15-9(5-17-8)6-18(16)7-10-11(13)3-2-4-12(10)14/h2-5H,6-7H2,1H3/t18-/m0/s1. The first-order valence-electron chi connectivity index (χ1n) is 5.25. The third kappa shape index (κ3) is 3.54. The minimum Gasteiger partial charge on any atom is -0.259 e. The average Bonchev–Trinajstić information content (AvgIpc) is 2.69. The highest BCUT2D eigenvalue weighted by Crippen LogP contribution is 2.26. The third-order valence-electron chi connectivity index (χ3n) is 2.34. The first kappa shape index (κ1) is 14.0. The maximum absolute atomic E-state index is 12.1. The molecular formula is C12H11Cl2NOS2. The molecule has 1 aromatic carbocycles. The van der Waals surface area contributed by atoms with Crippen molar-refractivity contribution in [2.75, 3.05) is 0 Å². The van der Waals surface area contributed by atoms with E-state index >= 15 is 0 Å². The molecule has 0 fully saturated rings. The molecule has 0 saturated carbocycles. The van der Waals surface area contributed by atoms with E-state index in [4.69, 9.17) is 23.2 Å². The van der Waals surface area contributed by atoms with Crippen molar-refractivity contribution in [2.24, 2.45) is 0 Å². The number of thiazole rings is 1. The highest BCUT2D eigenvalue weighted by Gasteiger charge is 2.11. The molecule has 1 atom stereocenters. The van der Waals surface area contributed by atoms with Gasteiger partial charge in [0.1, 0.15) is 0 Å². The Labute approximate surface area is 122 Å².